The molecule has 1 aromatic heterocycles. The fourth-order valence-corrected chi connectivity index (χ4v) is 2.85. The lowest BCUT2D eigenvalue weighted by atomic mass is 10.1. The monoisotopic (exact) mass is 297 g/mol. The second-order valence-electron chi connectivity index (χ2n) is 4.81. The van der Waals surface area contributed by atoms with Crippen molar-refractivity contribution in [1.82, 2.24) is 14.9 Å². The van der Waals surface area contributed by atoms with E-state index in [9.17, 15) is 4.79 Å². The van der Waals surface area contributed by atoms with Crippen LogP contribution in [-0.4, -0.2) is 22.6 Å². The van der Waals surface area contributed by atoms with E-state index in [2.05, 4.69) is 10.3 Å². The van der Waals surface area contributed by atoms with Crippen LogP contribution >= 0.6 is 23.2 Å². The molecule has 1 fully saturated rings. The van der Waals surface area contributed by atoms with Crippen LogP contribution in [0.1, 0.15) is 18.2 Å². The molecule has 4 nitrogen and oxygen atoms in total. The van der Waals surface area contributed by atoms with Crippen molar-refractivity contribution in [2.24, 2.45) is 7.05 Å². The Kier molecular flexibility index (Phi) is 3.25. The predicted octanol–water partition coefficient (Wildman–Crippen LogP) is 2.32. The van der Waals surface area contributed by atoms with E-state index in [1.54, 1.807) is 23.7 Å². The van der Waals surface area contributed by atoms with Gasteiger partial charge in [-0.3, -0.25) is 9.36 Å². The highest BCUT2D eigenvalue weighted by Crippen LogP contribution is 2.27. The third kappa shape index (κ3) is 2.14. The van der Waals surface area contributed by atoms with Gasteiger partial charge < -0.3 is 5.32 Å². The van der Waals surface area contributed by atoms with Gasteiger partial charge in [-0.15, -0.1) is 0 Å². The average Bonchev–Trinajstić information content (AvgIpc) is 2.90. The van der Waals surface area contributed by atoms with Gasteiger partial charge in [-0.2, -0.15) is 0 Å². The van der Waals surface area contributed by atoms with Crippen molar-refractivity contribution in [3.05, 3.63) is 38.4 Å². The molecule has 0 unspecified atom stereocenters. The number of benzene rings is 1. The molecule has 0 saturated carbocycles. The van der Waals surface area contributed by atoms with Crippen molar-refractivity contribution in [2.75, 3.05) is 13.1 Å². The summed E-state index contributed by atoms with van der Waals surface area (Å²) in [6.45, 7) is 1.81. The van der Waals surface area contributed by atoms with Gasteiger partial charge in [0.1, 0.15) is 5.82 Å². The Hall–Kier alpha value is -1.10. The summed E-state index contributed by atoms with van der Waals surface area (Å²) in [7, 11) is 1.75. The molecule has 0 amide bonds. The number of fused-ring (bicyclic) bond motifs is 1. The Labute approximate surface area is 120 Å². The Bertz CT molecular complexity index is 705. The first kappa shape index (κ1) is 12.9. The van der Waals surface area contributed by atoms with E-state index in [1.807, 2.05) is 0 Å². The van der Waals surface area contributed by atoms with E-state index in [1.165, 1.54) is 0 Å². The van der Waals surface area contributed by atoms with E-state index < -0.39 is 0 Å². The molecule has 1 aromatic carbocycles. The lowest BCUT2D eigenvalue weighted by Crippen LogP contribution is -2.25. The van der Waals surface area contributed by atoms with Crippen LogP contribution in [0.15, 0.2) is 16.9 Å². The first-order chi connectivity index (χ1) is 9.08. The van der Waals surface area contributed by atoms with Gasteiger partial charge in [0, 0.05) is 19.5 Å². The summed E-state index contributed by atoms with van der Waals surface area (Å²) in [5.74, 6) is 1.08. The molecule has 0 spiro atoms. The maximum atomic E-state index is 12.4. The smallest absolute Gasteiger partial charge is 0.261 e. The zero-order valence-corrected chi connectivity index (χ0v) is 11.9. The predicted molar refractivity (Wildman–Crippen MR) is 77.2 cm³/mol. The van der Waals surface area contributed by atoms with Crippen molar-refractivity contribution < 1.29 is 0 Å². The van der Waals surface area contributed by atoms with E-state index in [-0.39, 0.29) is 11.5 Å². The highest BCUT2D eigenvalue weighted by atomic mass is 35.5. The van der Waals surface area contributed by atoms with Gasteiger partial charge in [0.25, 0.3) is 5.56 Å². The second-order valence-corrected chi connectivity index (χ2v) is 5.62. The first-order valence-electron chi connectivity index (χ1n) is 6.14. The molecule has 1 saturated heterocycles. The van der Waals surface area contributed by atoms with Gasteiger partial charge in [0.05, 0.1) is 20.9 Å². The number of rotatable bonds is 1. The number of nitrogens with zero attached hydrogens (tertiary/aromatic N) is 2. The maximum absolute atomic E-state index is 12.4. The summed E-state index contributed by atoms with van der Waals surface area (Å²) >= 11 is 12.0. The maximum Gasteiger partial charge on any atom is 0.261 e. The minimum atomic E-state index is -0.0783. The highest BCUT2D eigenvalue weighted by molar-refractivity contribution is 6.42. The van der Waals surface area contributed by atoms with Crippen LogP contribution in [0, 0.1) is 0 Å². The lowest BCUT2D eigenvalue weighted by molar-refractivity contribution is 0.635. The topological polar surface area (TPSA) is 46.9 Å². The Balaban J connectivity index is 2.28. The zero-order valence-electron chi connectivity index (χ0n) is 10.4. The molecule has 1 atom stereocenters. The van der Waals surface area contributed by atoms with Gasteiger partial charge in [0.15, 0.2) is 0 Å². The van der Waals surface area contributed by atoms with Crippen LogP contribution in [-0.2, 0) is 7.05 Å². The molecule has 0 aliphatic carbocycles. The van der Waals surface area contributed by atoms with E-state index >= 15 is 0 Å². The van der Waals surface area contributed by atoms with Crippen LogP contribution in [0.5, 0.6) is 0 Å². The summed E-state index contributed by atoms with van der Waals surface area (Å²) in [5, 5.41) is 4.59. The third-order valence-corrected chi connectivity index (χ3v) is 4.30. The number of halogens is 2. The largest absolute Gasteiger partial charge is 0.316 e. The minimum Gasteiger partial charge on any atom is -0.316 e. The SMILES string of the molecule is Cn1c([C@@H]2CCNC2)nc2cc(Cl)c(Cl)cc2c1=O. The molecule has 2 heterocycles. The summed E-state index contributed by atoms with van der Waals surface area (Å²) < 4.78 is 1.62. The molecular formula is C13H13Cl2N3O. The van der Waals surface area contributed by atoms with Crippen molar-refractivity contribution in [1.29, 1.82) is 0 Å². The fraction of sp³-hybridized carbons (Fsp3) is 0.385. The van der Waals surface area contributed by atoms with Gasteiger partial charge in [-0.1, -0.05) is 23.2 Å². The Morgan fingerprint density at radius 3 is 2.79 bits per heavy atom. The highest BCUT2D eigenvalue weighted by Gasteiger charge is 2.22. The van der Waals surface area contributed by atoms with Crippen molar-refractivity contribution in [2.45, 2.75) is 12.3 Å². The molecule has 0 radical (unpaired) electrons. The fourth-order valence-electron chi connectivity index (χ4n) is 2.52. The van der Waals surface area contributed by atoms with Crippen molar-refractivity contribution in [3.63, 3.8) is 0 Å². The van der Waals surface area contributed by atoms with Crippen LogP contribution in [0.2, 0.25) is 10.0 Å². The molecule has 19 heavy (non-hydrogen) atoms. The van der Waals surface area contributed by atoms with E-state index in [0.29, 0.717) is 20.9 Å². The number of nitrogens with one attached hydrogen (secondary N) is 1. The summed E-state index contributed by atoms with van der Waals surface area (Å²) in [5.41, 5.74) is 0.532. The van der Waals surface area contributed by atoms with E-state index in [4.69, 9.17) is 23.2 Å². The van der Waals surface area contributed by atoms with Crippen LogP contribution in [0.4, 0.5) is 0 Å². The number of hydrogen-bond acceptors (Lipinski definition) is 3. The average molecular weight is 298 g/mol. The molecule has 1 N–H and O–H groups in total. The number of hydrogen-bond donors (Lipinski definition) is 1. The summed E-state index contributed by atoms with van der Waals surface area (Å²) in [4.78, 5) is 17.0. The molecule has 100 valence electrons. The zero-order chi connectivity index (χ0) is 13.6. The van der Waals surface area contributed by atoms with Crippen LogP contribution < -0.4 is 10.9 Å². The van der Waals surface area contributed by atoms with Gasteiger partial charge in [-0.25, -0.2) is 4.98 Å². The molecular weight excluding hydrogens is 285 g/mol. The lowest BCUT2D eigenvalue weighted by Gasteiger charge is -2.14. The molecule has 6 heteroatoms. The first-order valence-corrected chi connectivity index (χ1v) is 6.90. The van der Waals surface area contributed by atoms with Crippen molar-refractivity contribution >= 4 is 34.1 Å². The van der Waals surface area contributed by atoms with Gasteiger partial charge in [0.2, 0.25) is 0 Å². The molecule has 0 bridgehead atoms. The standard InChI is InChI=1S/C13H13Cl2N3O/c1-18-12(7-2-3-16-6-7)17-11-5-10(15)9(14)4-8(11)13(18)19/h4-5,7,16H,2-3,6H2,1H3/t7-/m1/s1. The Morgan fingerprint density at radius 2 is 2.11 bits per heavy atom. The van der Waals surface area contributed by atoms with Gasteiger partial charge in [-0.05, 0) is 25.1 Å². The normalized spacial score (nSPS) is 19.2. The van der Waals surface area contributed by atoms with Crippen LogP contribution in [0.3, 0.4) is 0 Å². The van der Waals surface area contributed by atoms with Gasteiger partial charge >= 0.3 is 0 Å². The minimum absolute atomic E-state index is 0.0783. The molecule has 1 aliphatic rings. The Morgan fingerprint density at radius 1 is 1.37 bits per heavy atom. The van der Waals surface area contributed by atoms with Crippen molar-refractivity contribution in [3.8, 4) is 0 Å². The number of aromatic nitrogens is 2. The van der Waals surface area contributed by atoms with Crippen LogP contribution in [0.25, 0.3) is 10.9 Å². The molecule has 2 aromatic rings. The summed E-state index contributed by atoms with van der Waals surface area (Å²) in [6.07, 6.45) is 0.993. The molecule has 1 aliphatic heterocycles. The summed E-state index contributed by atoms with van der Waals surface area (Å²) in [6, 6.07) is 3.25. The van der Waals surface area contributed by atoms with E-state index in [0.717, 1.165) is 25.3 Å². The molecule has 3 rings (SSSR count). The quantitative estimate of drug-likeness (QED) is 0.879. The third-order valence-electron chi connectivity index (χ3n) is 3.58. The second kappa shape index (κ2) is 4.78.